The van der Waals surface area contributed by atoms with Gasteiger partial charge in [0.1, 0.15) is 5.69 Å². The van der Waals surface area contributed by atoms with Crippen LogP contribution in [-0.4, -0.2) is 37.1 Å². The van der Waals surface area contributed by atoms with Crippen molar-refractivity contribution < 1.29 is 4.92 Å². The van der Waals surface area contributed by atoms with Crippen LogP contribution in [0.5, 0.6) is 0 Å². The Hall–Kier alpha value is -1.66. The molecule has 0 spiro atoms. The second kappa shape index (κ2) is 6.49. The number of nitro benzene ring substituents is 1. The van der Waals surface area contributed by atoms with Crippen LogP contribution in [0.1, 0.15) is 12.8 Å². The summed E-state index contributed by atoms with van der Waals surface area (Å²) in [6, 6.07) is 7.42. The van der Waals surface area contributed by atoms with Crippen LogP contribution in [0.25, 0.3) is 0 Å². The van der Waals surface area contributed by atoms with Gasteiger partial charge in [0.25, 0.3) is 5.69 Å². The maximum Gasteiger partial charge on any atom is 0.292 e. The molecule has 1 aliphatic heterocycles. The lowest BCUT2D eigenvalue weighted by atomic mass is 10.0. The summed E-state index contributed by atoms with van der Waals surface area (Å²) in [6.07, 6.45) is 1.98. The highest BCUT2D eigenvalue weighted by atomic mass is 16.6. The van der Waals surface area contributed by atoms with Gasteiger partial charge in [-0.3, -0.25) is 10.1 Å². The Morgan fingerprint density at radius 1 is 1.37 bits per heavy atom. The maximum absolute atomic E-state index is 11.0. The van der Waals surface area contributed by atoms with E-state index in [-0.39, 0.29) is 10.6 Å². The number of anilines is 1. The van der Waals surface area contributed by atoms with Gasteiger partial charge in [0.2, 0.25) is 0 Å². The summed E-state index contributed by atoms with van der Waals surface area (Å²) < 4.78 is 0. The van der Waals surface area contributed by atoms with E-state index in [9.17, 15) is 10.1 Å². The van der Waals surface area contributed by atoms with E-state index in [4.69, 9.17) is 5.73 Å². The zero-order valence-corrected chi connectivity index (χ0v) is 10.9. The van der Waals surface area contributed by atoms with E-state index < -0.39 is 0 Å². The molecule has 0 radical (unpaired) electrons. The number of para-hydroxylation sites is 2. The van der Waals surface area contributed by atoms with Crippen LogP contribution in [0.2, 0.25) is 0 Å². The Balaban J connectivity index is 2.00. The molecule has 19 heavy (non-hydrogen) atoms. The second-order valence-electron chi connectivity index (χ2n) is 4.75. The van der Waals surface area contributed by atoms with Crippen molar-refractivity contribution >= 4 is 11.4 Å². The number of nitrogens with zero attached hydrogens (tertiary/aromatic N) is 2. The molecule has 0 unspecified atom stereocenters. The Morgan fingerprint density at radius 2 is 2.05 bits per heavy atom. The summed E-state index contributed by atoms with van der Waals surface area (Å²) in [6.45, 7) is 3.15. The van der Waals surface area contributed by atoms with E-state index in [0.29, 0.717) is 12.6 Å². The highest BCUT2D eigenvalue weighted by Crippen LogP contribution is 2.29. The summed E-state index contributed by atoms with van der Waals surface area (Å²) >= 11 is 0. The molecule has 1 saturated heterocycles. The summed E-state index contributed by atoms with van der Waals surface area (Å²) in [7, 11) is 0. The number of nitrogens with one attached hydrogen (secondary N) is 1. The quantitative estimate of drug-likeness (QED) is 0.615. The molecule has 1 aromatic carbocycles. The zero-order chi connectivity index (χ0) is 13.7. The van der Waals surface area contributed by atoms with Crippen molar-refractivity contribution in [2.45, 2.75) is 18.9 Å². The molecule has 1 fully saturated rings. The minimum Gasteiger partial charge on any atom is -0.366 e. The molecule has 1 heterocycles. The Labute approximate surface area is 112 Å². The molecule has 1 aliphatic rings. The van der Waals surface area contributed by atoms with E-state index in [2.05, 4.69) is 10.2 Å². The second-order valence-corrected chi connectivity index (χ2v) is 4.75. The number of nitrogens with two attached hydrogens (primary N) is 1. The van der Waals surface area contributed by atoms with Crippen molar-refractivity contribution in [2.24, 2.45) is 5.73 Å². The molecule has 0 saturated carbocycles. The third kappa shape index (κ3) is 3.42. The number of hydrogen-bond acceptors (Lipinski definition) is 5. The highest BCUT2D eigenvalue weighted by Gasteiger charge is 2.23. The van der Waals surface area contributed by atoms with Gasteiger partial charge in [-0.05, 0) is 18.9 Å². The average molecular weight is 264 g/mol. The van der Waals surface area contributed by atoms with Crippen molar-refractivity contribution in [3.63, 3.8) is 0 Å². The molecule has 0 atom stereocenters. The fraction of sp³-hybridized carbons (Fsp3) is 0.538. The van der Waals surface area contributed by atoms with Gasteiger partial charge in [-0.25, -0.2) is 0 Å². The van der Waals surface area contributed by atoms with Crippen molar-refractivity contribution in [3.05, 3.63) is 34.4 Å². The van der Waals surface area contributed by atoms with E-state index in [0.717, 1.165) is 38.2 Å². The Kier molecular flexibility index (Phi) is 4.70. The van der Waals surface area contributed by atoms with Gasteiger partial charge in [-0.15, -0.1) is 0 Å². The number of piperidine rings is 1. The van der Waals surface area contributed by atoms with Crippen molar-refractivity contribution in [3.8, 4) is 0 Å². The number of hydrogen-bond donors (Lipinski definition) is 2. The first kappa shape index (κ1) is 13.8. The molecule has 0 amide bonds. The van der Waals surface area contributed by atoms with E-state index in [1.807, 2.05) is 12.1 Å². The molecule has 6 nitrogen and oxygen atoms in total. The first-order chi connectivity index (χ1) is 9.22. The lowest BCUT2D eigenvalue weighted by Crippen LogP contribution is -2.44. The van der Waals surface area contributed by atoms with Gasteiger partial charge < -0.3 is 16.0 Å². The van der Waals surface area contributed by atoms with Gasteiger partial charge in [0.15, 0.2) is 0 Å². The molecule has 0 aliphatic carbocycles. The first-order valence-corrected chi connectivity index (χ1v) is 6.64. The minimum absolute atomic E-state index is 0.191. The average Bonchev–Trinajstić information content (AvgIpc) is 2.45. The molecule has 1 aromatic rings. The Morgan fingerprint density at radius 3 is 2.68 bits per heavy atom. The zero-order valence-electron chi connectivity index (χ0n) is 10.9. The fourth-order valence-electron chi connectivity index (χ4n) is 2.50. The smallest absolute Gasteiger partial charge is 0.292 e. The van der Waals surface area contributed by atoms with Crippen LogP contribution >= 0.6 is 0 Å². The molecule has 6 heteroatoms. The number of rotatable bonds is 5. The molecule has 104 valence electrons. The summed E-state index contributed by atoms with van der Waals surface area (Å²) in [5.74, 6) is 0. The van der Waals surface area contributed by atoms with Crippen LogP contribution in [0.4, 0.5) is 11.4 Å². The van der Waals surface area contributed by atoms with Gasteiger partial charge in [-0.2, -0.15) is 0 Å². The SMILES string of the molecule is NCCNC1CCN(c2ccccc2[N+](=O)[O-])CC1. The topological polar surface area (TPSA) is 84.4 Å². The van der Waals surface area contributed by atoms with Crippen molar-refractivity contribution in [1.29, 1.82) is 0 Å². The lowest BCUT2D eigenvalue weighted by molar-refractivity contribution is -0.384. The normalized spacial score (nSPS) is 16.6. The van der Waals surface area contributed by atoms with Crippen LogP contribution in [0, 0.1) is 10.1 Å². The molecule has 3 N–H and O–H groups in total. The Bertz CT molecular complexity index is 430. The summed E-state index contributed by atoms with van der Waals surface area (Å²) in [5.41, 5.74) is 6.39. The molecule has 0 aromatic heterocycles. The van der Waals surface area contributed by atoms with E-state index in [1.165, 1.54) is 0 Å². The van der Waals surface area contributed by atoms with Gasteiger partial charge in [0, 0.05) is 38.3 Å². The largest absolute Gasteiger partial charge is 0.366 e. The predicted octanol–water partition coefficient (Wildman–Crippen LogP) is 1.11. The maximum atomic E-state index is 11.0. The monoisotopic (exact) mass is 264 g/mol. The van der Waals surface area contributed by atoms with Crippen LogP contribution in [0.3, 0.4) is 0 Å². The lowest BCUT2D eigenvalue weighted by Gasteiger charge is -2.33. The van der Waals surface area contributed by atoms with Gasteiger partial charge in [-0.1, -0.05) is 12.1 Å². The van der Waals surface area contributed by atoms with Crippen molar-refractivity contribution in [2.75, 3.05) is 31.1 Å². The number of benzene rings is 1. The van der Waals surface area contributed by atoms with Crippen molar-refractivity contribution in [1.82, 2.24) is 5.32 Å². The summed E-state index contributed by atoms with van der Waals surface area (Å²) in [5, 5.41) is 14.4. The third-order valence-corrected chi connectivity index (χ3v) is 3.49. The van der Waals surface area contributed by atoms with Crippen LogP contribution in [-0.2, 0) is 0 Å². The van der Waals surface area contributed by atoms with E-state index >= 15 is 0 Å². The van der Waals surface area contributed by atoms with Crippen LogP contribution in [0.15, 0.2) is 24.3 Å². The molecule has 0 bridgehead atoms. The minimum atomic E-state index is -0.311. The molecule has 2 rings (SSSR count). The standard InChI is InChI=1S/C13H20N4O2/c14-7-8-15-11-5-9-16(10-6-11)12-3-1-2-4-13(12)17(18)19/h1-4,11,15H,5-10,14H2. The molecular formula is C13H20N4O2. The third-order valence-electron chi connectivity index (χ3n) is 3.49. The summed E-state index contributed by atoms with van der Waals surface area (Å²) in [4.78, 5) is 12.8. The van der Waals surface area contributed by atoms with Gasteiger partial charge in [0.05, 0.1) is 4.92 Å². The van der Waals surface area contributed by atoms with Gasteiger partial charge >= 0.3 is 0 Å². The van der Waals surface area contributed by atoms with E-state index in [1.54, 1.807) is 12.1 Å². The first-order valence-electron chi connectivity index (χ1n) is 6.64. The fourth-order valence-corrected chi connectivity index (χ4v) is 2.50. The highest BCUT2D eigenvalue weighted by molar-refractivity contribution is 5.63. The predicted molar refractivity (Wildman–Crippen MR) is 75.4 cm³/mol. The van der Waals surface area contributed by atoms with Crippen LogP contribution < -0.4 is 16.0 Å². The number of nitro groups is 1. The molecular weight excluding hydrogens is 244 g/mol.